The van der Waals surface area contributed by atoms with Gasteiger partial charge in [-0.05, 0) is 48.9 Å². The topological polar surface area (TPSA) is 87.7 Å². The number of rotatable bonds is 6. The Balaban J connectivity index is 1.33. The summed E-state index contributed by atoms with van der Waals surface area (Å²) in [5.74, 6) is -1.48. The third-order valence-electron chi connectivity index (χ3n) is 9.53. The first-order chi connectivity index (χ1) is 19.2. The van der Waals surface area contributed by atoms with Crippen molar-refractivity contribution in [3.8, 4) is 0 Å². The number of amides is 3. The second-order valence-electron chi connectivity index (χ2n) is 12.0. The number of likely N-dealkylation sites (tertiary alicyclic amines) is 1. The molecule has 2 aromatic rings. The summed E-state index contributed by atoms with van der Waals surface area (Å²) in [6.07, 6.45) is 6.24. The highest BCUT2D eigenvalue weighted by Crippen LogP contribution is 2.55. The summed E-state index contributed by atoms with van der Waals surface area (Å²) in [5.41, 5.74) is 1.39. The van der Waals surface area contributed by atoms with Gasteiger partial charge in [-0.3, -0.25) is 14.4 Å². The van der Waals surface area contributed by atoms with E-state index in [4.69, 9.17) is 16.3 Å². The summed E-state index contributed by atoms with van der Waals surface area (Å²) in [6, 6.07) is 14.0. The summed E-state index contributed by atoms with van der Waals surface area (Å²) in [7, 11) is 0. The standard InChI is InChI=1S/C32H36ClN3O4/c1-18-10-12-21(13-11-18)17-36-28(30(38)35-24-9-4-6-19(2)20(24)3)32-15-14-25(40-32)26(27(32)31(36)39)29(37)34-23-8-5-7-22(33)16-23/h5,7-8,10-16,19-20,24-28H,4,6,9,17H2,1-3H3,(H,34,37)(H,35,38)/t19-,20-,24-,25+,26-,27+,28+,32+/m1/s1. The normalized spacial score (nSPS) is 34.1. The van der Waals surface area contributed by atoms with E-state index >= 15 is 0 Å². The van der Waals surface area contributed by atoms with E-state index < -0.39 is 29.6 Å². The molecule has 0 aromatic heterocycles. The second kappa shape index (κ2) is 10.3. The molecule has 1 aliphatic carbocycles. The van der Waals surface area contributed by atoms with Crippen LogP contribution in [-0.4, -0.2) is 46.4 Å². The number of nitrogens with one attached hydrogen (secondary N) is 2. The lowest BCUT2D eigenvalue weighted by atomic mass is 9.73. The molecule has 3 heterocycles. The monoisotopic (exact) mass is 561 g/mol. The van der Waals surface area contributed by atoms with Gasteiger partial charge in [-0.25, -0.2) is 0 Å². The molecule has 2 saturated heterocycles. The van der Waals surface area contributed by atoms with Crippen LogP contribution >= 0.6 is 11.6 Å². The quantitative estimate of drug-likeness (QED) is 0.492. The van der Waals surface area contributed by atoms with Crippen LogP contribution in [0.25, 0.3) is 0 Å². The number of nitrogens with zero attached hydrogens (tertiary/aromatic N) is 1. The molecule has 8 atom stereocenters. The molecule has 7 nitrogen and oxygen atoms in total. The van der Waals surface area contributed by atoms with Crippen molar-refractivity contribution in [2.75, 3.05) is 5.32 Å². The minimum absolute atomic E-state index is 0.0348. The summed E-state index contributed by atoms with van der Waals surface area (Å²) >= 11 is 6.13. The fourth-order valence-electron chi connectivity index (χ4n) is 7.17. The molecule has 3 aliphatic heterocycles. The van der Waals surface area contributed by atoms with E-state index in [-0.39, 0.29) is 30.3 Å². The van der Waals surface area contributed by atoms with Gasteiger partial charge >= 0.3 is 0 Å². The van der Waals surface area contributed by atoms with Crippen LogP contribution in [0.1, 0.15) is 44.2 Å². The number of carbonyl (C=O) groups excluding carboxylic acids is 3. The molecule has 0 unspecified atom stereocenters. The Morgan fingerprint density at radius 1 is 1.10 bits per heavy atom. The molecule has 6 rings (SSSR count). The number of fused-ring (bicyclic) bond motifs is 1. The van der Waals surface area contributed by atoms with Crippen LogP contribution in [0.3, 0.4) is 0 Å². The molecule has 2 bridgehead atoms. The summed E-state index contributed by atoms with van der Waals surface area (Å²) in [5, 5.41) is 6.73. The Morgan fingerprint density at radius 3 is 2.62 bits per heavy atom. The highest BCUT2D eigenvalue weighted by atomic mass is 35.5. The van der Waals surface area contributed by atoms with Crippen molar-refractivity contribution in [2.24, 2.45) is 23.7 Å². The maximum atomic E-state index is 14.2. The first-order valence-electron chi connectivity index (χ1n) is 14.3. The molecule has 1 spiro atoms. The van der Waals surface area contributed by atoms with E-state index in [9.17, 15) is 14.4 Å². The largest absolute Gasteiger partial charge is 0.359 e. The maximum Gasteiger partial charge on any atom is 0.246 e. The number of halogens is 1. The average Bonchev–Trinajstić information content (AvgIpc) is 3.55. The second-order valence-corrected chi connectivity index (χ2v) is 12.5. The highest BCUT2D eigenvalue weighted by Gasteiger charge is 2.72. The van der Waals surface area contributed by atoms with Crippen LogP contribution in [-0.2, 0) is 25.7 Å². The van der Waals surface area contributed by atoms with Gasteiger partial charge in [0.25, 0.3) is 0 Å². The first-order valence-corrected chi connectivity index (χ1v) is 14.7. The van der Waals surface area contributed by atoms with Gasteiger partial charge in [-0.1, -0.05) is 86.3 Å². The molecule has 40 heavy (non-hydrogen) atoms. The van der Waals surface area contributed by atoms with Gasteiger partial charge in [0.1, 0.15) is 11.6 Å². The van der Waals surface area contributed by atoms with Gasteiger partial charge in [0.05, 0.1) is 17.9 Å². The molecule has 210 valence electrons. The predicted octanol–water partition coefficient (Wildman–Crippen LogP) is 4.88. The van der Waals surface area contributed by atoms with Gasteiger partial charge in [0.2, 0.25) is 17.7 Å². The minimum atomic E-state index is -1.20. The maximum absolute atomic E-state index is 14.2. The molecular weight excluding hydrogens is 526 g/mol. The summed E-state index contributed by atoms with van der Waals surface area (Å²) in [4.78, 5) is 43.6. The molecular formula is C32H36ClN3O4. The zero-order valence-corrected chi connectivity index (χ0v) is 23.9. The average molecular weight is 562 g/mol. The highest BCUT2D eigenvalue weighted by molar-refractivity contribution is 6.30. The zero-order chi connectivity index (χ0) is 28.2. The molecule has 2 N–H and O–H groups in total. The molecule has 2 aromatic carbocycles. The van der Waals surface area contributed by atoms with Gasteiger partial charge in [-0.15, -0.1) is 0 Å². The van der Waals surface area contributed by atoms with Crippen molar-refractivity contribution in [1.29, 1.82) is 0 Å². The molecule has 1 saturated carbocycles. The van der Waals surface area contributed by atoms with Gasteiger partial charge in [-0.2, -0.15) is 0 Å². The fraction of sp³-hybridized carbons (Fsp3) is 0.469. The number of benzene rings is 2. The number of anilines is 1. The number of ether oxygens (including phenoxy) is 1. The fourth-order valence-corrected chi connectivity index (χ4v) is 7.36. The van der Waals surface area contributed by atoms with Crippen LogP contribution < -0.4 is 10.6 Å². The third kappa shape index (κ3) is 4.53. The van der Waals surface area contributed by atoms with Gasteiger partial charge in [0.15, 0.2) is 0 Å². The van der Waals surface area contributed by atoms with Crippen LogP contribution in [0, 0.1) is 30.6 Å². The Hall–Kier alpha value is -3.16. The van der Waals surface area contributed by atoms with E-state index in [1.165, 1.54) is 0 Å². The Labute approximate surface area is 240 Å². The van der Waals surface area contributed by atoms with E-state index in [1.807, 2.05) is 43.3 Å². The first kappa shape index (κ1) is 27.0. The molecule has 3 fully saturated rings. The lowest BCUT2D eigenvalue weighted by Crippen LogP contribution is -2.57. The number of hydrogen-bond acceptors (Lipinski definition) is 4. The van der Waals surface area contributed by atoms with E-state index in [1.54, 1.807) is 29.2 Å². The van der Waals surface area contributed by atoms with Crippen molar-refractivity contribution in [2.45, 2.75) is 70.4 Å². The van der Waals surface area contributed by atoms with Gasteiger partial charge < -0.3 is 20.3 Å². The predicted molar refractivity (Wildman–Crippen MR) is 153 cm³/mol. The molecule has 3 amide bonds. The van der Waals surface area contributed by atoms with E-state index in [0.29, 0.717) is 22.5 Å². The van der Waals surface area contributed by atoms with E-state index in [0.717, 1.165) is 30.4 Å². The molecule has 4 aliphatic rings. The van der Waals surface area contributed by atoms with Gasteiger partial charge in [0, 0.05) is 23.3 Å². The SMILES string of the molecule is Cc1ccc(CN2C(=O)[C@@H]3[C@H](C(=O)Nc4cccc(Cl)c4)[C@@H]4C=C[C@@]3(O4)[C@@H]2C(=O)N[C@@H]2CCC[C@@H](C)[C@H]2C)cc1. The van der Waals surface area contributed by atoms with Crippen molar-refractivity contribution >= 4 is 35.0 Å². The van der Waals surface area contributed by atoms with Crippen molar-refractivity contribution in [1.82, 2.24) is 10.2 Å². The Bertz CT molecular complexity index is 1360. The summed E-state index contributed by atoms with van der Waals surface area (Å²) < 4.78 is 6.49. The van der Waals surface area contributed by atoms with Crippen LogP contribution in [0.4, 0.5) is 5.69 Å². The molecule has 8 heteroatoms. The smallest absolute Gasteiger partial charge is 0.246 e. The third-order valence-corrected chi connectivity index (χ3v) is 9.76. The van der Waals surface area contributed by atoms with Crippen LogP contribution in [0.5, 0.6) is 0 Å². The van der Waals surface area contributed by atoms with Crippen LogP contribution in [0.2, 0.25) is 5.02 Å². The van der Waals surface area contributed by atoms with Crippen molar-refractivity contribution in [3.63, 3.8) is 0 Å². The van der Waals surface area contributed by atoms with E-state index in [2.05, 4.69) is 24.5 Å². The number of aryl methyl sites for hydroxylation is 1. The number of carbonyl (C=O) groups is 3. The number of hydrogen-bond donors (Lipinski definition) is 2. The van der Waals surface area contributed by atoms with Crippen LogP contribution in [0.15, 0.2) is 60.7 Å². The van der Waals surface area contributed by atoms with Crippen molar-refractivity contribution in [3.05, 3.63) is 76.8 Å². The molecule has 0 radical (unpaired) electrons. The minimum Gasteiger partial charge on any atom is -0.359 e. The zero-order valence-electron chi connectivity index (χ0n) is 23.1. The lowest BCUT2D eigenvalue weighted by Gasteiger charge is -2.38. The lowest BCUT2D eigenvalue weighted by molar-refractivity contribution is -0.142. The van der Waals surface area contributed by atoms with Crippen molar-refractivity contribution < 1.29 is 19.1 Å². The summed E-state index contributed by atoms with van der Waals surface area (Å²) in [6.45, 7) is 6.69. The Kier molecular flexibility index (Phi) is 6.99. The Morgan fingerprint density at radius 2 is 1.88 bits per heavy atom.